The number of hydrogen-bond acceptors (Lipinski definition) is 1. The first-order chi connectivity index (χ1) is 3.61. The minimum absolute atomic E-state index is 0.488. The summed E-state index contributed by atoms with van der Waals surface area (Å²) in [6.45, 7) is 3.73. The maximum atomic E-state index is 9.30. The molecule has 0 unspecified atom stereocenters. The molecule has 0 aromatic heterocycles. The molecule has 8 heavy (non-hydrogen) atoms. The molecular formula is C7H13O. The van der Waals surface area contributed by atoms with E-state index in [2.05, 4.69) is 0 Å². The number of aliphatic hydroxyl groups is 1. The van der Waals surface area contributed by atoms with Crippen molar-refractivity contribution in [2.24, 2.45) is 0 Å². The second-order valence-electron chi connectivity index (χ2n) is 3.02. The zero-order chi connectivity index (χ0) is 6.20. The Bertz CT molecular complexity index is 76.9. The highest BCUT2D eigenvalue weighted by Gasteiger charge is 2.31. The van der Waals surface area contributed by atoms with Crippen molar-refractivity contribution in [3.05, 3.63) is 5.92 Å². The third-order valence-electron chi connectivity index (χ3n) is 1.82. The fraction of sp³-hybridized carbons (Fsp3) is 0.857. The van der Waals surface area contributed by atoms with Crippen LogP contribution in [-0.4, -0.2) is 10.7 Å². The van der Waals surface area contributed by atoms with E-state index in [1.807, 2.05) is 13.8 Å². The van der Waals surface area contributed by atoms with Gasteiger partial charge in [0.05, 0.1) is 5.60 Å². The summed E-state index contributed by atoms with van der Waals surface area (Å²) in [5, 5.41) is 9.30. The molecule has 1 rings (SSSR count). The van der Waals surface area contributed by atoms with Crippen LogP contribution in [0.1, 0.15) is 33.1 Å². The largest absolute Gasteiger partial charge is 0.390 e. The highest BCUT2D eigenvalue weighted by Crippen LogP contribution is 2.37. The topological polar surface area (TPSA) is 20.2 Å². The van der Waals surface area contributed by atoms with Crippen molar-refractivity contribution >= 4 is 0 Å². The Morgan fingerprint density at radius 1 is 1.38 bits per heavy atom. The fourth-order valence-corrected chi connectivity index (χ4v) is 0.965. The van der Waals surface area contributed by atoms with Gasteiger partial charge in [0.25, 0.3) is 0 Å². The molecule has 47 valence electrons. The highest BCUT2D eigenvalue weighted by atomic mass is 16.3. The van der Waals surface area contributed by atoms with Gasteiger partial charge in [0, 0.05) is 5.92 Å². The van der Waals surface area contributed by atoms with Crippen LogP contribution in [0.4, 0.5) is 0 Å². The van der Waals surface area contributed by atoms with Gasteiger partial charge >= 0.3 is 0 Å². The van der Waals surface area contributed by atoms with Crippen molar-refractivity contribution in [3.63, 3.8) is 0 Å². The van der Waals surface area contributed by atoms with Crippen LogP contribution in [0.25, 0.3) is 0 Å². The van der Waals surface area contributed by atoms with Crippen LogP contribution in [-0.2, 0) is 0 Å². The van der Waals surface area contributed by atoms with E-state index in [4.69, 9.17) is 0 Å². The Hall–Kier alpha value is -0.0400. The number of rotatable bonds is 1. The van der Waals surface area contributed by atoms with Gasteiger partial charge in [-0.2, -0.15) is 0 Å². The van der Waals surface area contributed by atoms with E-state index < -0.39 is 5.60 Å². The van der Waals surface area contributed by atoms with E-state index in [9.17, 15) is 5.11 Å². The molecule has 0 aromatic carbocycles. The van der Waals surface area contributed by atoms with E-state index in [0.717, 1.165) is 12.8 Å². The summed E-state index contributed by atoms with van der Waals surface area (Å²) < 4.78 is 0. The Balaban J connectivity index is 2.34. The van der Waals surface area contributed by atoms with E-state index in [1.54, 1.807) is 0 Å². The highest BCUT2D eigenvalue weighted by molar-refractivity contribution is 5.09. The third-order valence-corrected chi connectivity index (χ3v) is 1.82. The van der Waals surface area contributed by atoms with Crippen LogP contribution in [0.15, 0.2) is 0 Å². The smallest absolute Gasteiger partial charge is 0.0654 e. The summed E-state index contributed by atoms with van der Waals surface area (Å²) in [5.41, 5.74) is -0.488. The second-order valence-corrected chi connectivity index (χ2v) is 3.02. The molecule has 0 aromatic rings. The molecular weight excluding hydrogens is 100 g/mol. The molecule has 0 saturated heterocycles. The van der Waals surface area contributed by atoms with Crippen molar-refractivity contribution in [3.8, 4) is 0 Å². The zero-order valence-corrected chi connectivity index (χ0v) is 5.57. The van der Waals surface area contributed by atoms with Crippen LogP contribution >= 0.6 is 0 Å². The molecule has 0 bridgehead atoms. The average Bonchev–Trinajstić information content (AvgIpc) is 1.16. The molecule has 1 N–H and O–H groups in total. The van der Waals surface area contributed by atoms with E-state index in [1.165, 1.54) is 12.3 Å². The summed E-state index contributed by atoms with van der Waals surface area (Å²) in [7, 11) is 0. The minimum atomic E-state index is -0.488. The lowest BCUT2D eigenvalue weighted by atomic mass is 9.75. The van der Waals surface area contributed by atoms with Crippen LogP contribution in [0.2, 0.25) is 0 Å². The summed E-state index contributed by atoms with van der Waals surface area (Å²) in [6.07, 6.45) is 3.56. The minimum Gasteiger partial charge on any atom is -0.390 e. The van der Waals surface area contributed by atoms with Crippen molar-refractivity contribution in [1.82, 2.24) is 0 Å². The lowest BCUT2D eigenvalue weighted by molar-refractivity contribution is 0.0697. The Labute approximate surface area is 50.7 Å². The molecule has 0 aliphatic heterocycles. The van der Waals surface area contributed by atoms with E-state index in [0.29, 0.717) is 0 Å². The Kier molecular flexibility index (Phi) is 1.31. The van der Waals surface area contributed by atoms with Crippen LogP contribution < -0.4 is 0 Å². The van der Waals surface area contributed by atoms with Crippen LogP contribution in [0.3, 0.4) is 0 Å². The maximum Gasteiger partial charge on any atom is 0.0654 e. The summed E-state index contributed by atoms with van der Waals surface area (Å²) in [5.74, 6) is 1.32. The van der Waals surface area contributed by atoms with Crippen molar-refractivity contribution in [2.75, 3.05) is 0 Å². The van der Waals surface area contributed by atoms with Gasteiger partial charge in [-0.05, 0) is 26.7 Å². The molecule has 1 saturated carbocycles. The normalized spacial score (nSPS) is 22.9. The van der Waals surface area contributed by atoms with Gasteiger partial charge in [0.1, 0.15) is 0 Å². The Morgan fingerprint density at radius 3 is 1.88 bits per heavy atom. The molecule has 0 spiro atoms. The maximum absolute atomic E-state index is 9.30. The first kappa shape index (κ1) is 6.09. The lowest BCUT2D eigenvalue weighted by Gasteiger charge is -2.35. The van der Waals surface area contributed by atoms with Gasteiger partial charge in [0.15, 0.2) is 0 Å². The van der Waals surface area contributed by atoms with Gasteiger partial charge in [0.2, 0.25) is 0 Å². The molecule has 1 nitrogen and oxygen atoms in total. The molecule has 1 aliphatic rings. The summed E-state index contributed by atoms with van der Waals surface area (Å²) >= 11 is 0. The molecule has 1 aliphatic carbocycles. The van der Waals surface area contributed by atoms with Crippen LogP contribution in [0.5, 0.6) is 0 Å². The number of hydrogen-bond donors (Lipinski definition) is 1. The average molecular weight is 113 g/mol. The van der Waals surface area contributed by atoms with Gasteiger partial charge < -0.3 is 5.11 Å². The van der Waals surface area contributed by atoms with Crippen LogP contribution in [0, 0.1) is 5.92 Å². The fourth-order valence-electron chi connectivity index (χ4n) is 0.965. The SMILES string of the molecule is CC(C)(O)[C]1CCC1. The zero-order valence-electron chi connectivity index (χ0n) is 5.57. The monoisotopic (exact) mass is 113 g/mol. The summed E-state index contributed by atoms with van der Waals surface area (Å²) in [4.78, 5) is 0. The molecule has 0 heterocycles. The molecule has 1 heteroatoms. The van der Waals surface area contributed by atoms with Gasteiger partial charge in [-0.3, -0.25) is 0 Å². The van der Waals surface area contributed by atoms with Gasteiger partial charge in [-0.25, -0.2) is 0 Å². The van der Waals surface area contributed by atoms with Crippen molar-refractivity contribution < 1.29 is 5.11 Å². The second kappa shape index (κ2) is 1.73. The lowest BCUT2D eigenvalue weighted by Crippen LogP contribution is -2.33. The molecule has 0 atom stereocenters. The van der Waals surface area contributed by atoms with Crippen molar-refractivity contribution in [1.29, 1.82) is 0 Å². The first-order valence-corrected chi connectivity index (χ1v) is 3.18. The third kappa shape index (κ3) is 1.03. The van der Waals surface area contributed by atoms with Gasteiger partial charge in [-0.1, -0.05) is 6.42 Å². The van der Waals surface area contributed by atoms with Crippen molar-refractivity contribution in [2.45, 2.75) is 38.7 Å². The van der Waals surface area contributed by atoms with E-state index >= 15 is 0 Å². The first-order valence-electron chi connectivity index (χ1n) is 3.18. The van der Waals surface area contributed by atoms with Gasteiger partial charge in [-0.15, -0.1) is 0 Å². The predicted molar refractivity (Wildman–Crippen MR) is 33.4 cm³/mol. The Morgan fingerprint density at radius 2 is 1.88 bits per heavy atom. The molecule has 1 radical (unpaired) electrons. The van der Waals surface area contributed by atoms with E-state index in [-0.39, 0.29) is 0 Å². The standard InChI is InChI=1S/C7H13O/c1-7(2,8)6-4-3-5-6/h8H,3-5H2,1-2H3. The molecule has 0 amide bonds. The quantitative estimate of drug-likeness (QED) is 0.546. The predicted octanol–water partition coefficient (Wildman–Crippen LogP) is 1.52. The molecule has 1 fully saturated rings. The summed E-state index contributed by atoms with van der Waals surface area (Å²) in [6, 6.07) is 0.